The van der Waals surface area contributed by atoms with E-state index in [0.29, 0.717) is 38.7 Å². The van der Waals surface area contributed by atoms with Crippen LogP contribution in [0.5, 0.6) is 11.5 Å². The summed E-state index contributed by atoms with van der Waals surface area (Å²) in [6.07, 6.45) is 4.79. The van der Waals surface area contributed by atoms with Gasteiger partial charge in [0.2, 0.25) is 0 Å². The molecular formula is C79H70N4OPtSi-2. The minimum absolute atomic E-state index is 0. The second-order valence-electron chi connectivity index (χ2n) is 24.0. The third-order valence-electron chi connectivity index (χ3n) is 15.4. The molecule has 0 unspecified atom stereocenters. The predicted molar refractivity (Wildman–Crippen MR) is 355 cm³/mol. The molecular weight excluding hydrogens is 1240 g/mol. The van der Waals surface area contributed by atoms with Gasteiger partial charge in [-0.05, 0) is 112 Å². The van der Waals surface area contributed by atoms with E-state index in [4.69, 9.17) is 24.8 Å². The molecule has 428 valence electrons. The van der Waals surface area contributed by atoms with Crippen molar-refractivity contribution in [3.05, 3.63) is 283 Å². The summed E-state index contributed by atoms with van der Waals surface area (Å²) in [7, 11) is -5.82. The maximum Gasteiger partial charge on any atom is 0.268 e. The molecule has 5 nitrogen and oxygen atoms in total. The Morgan fingerprint density at radius 2 is 1.14 bits per heavy atom. The Balaban J connectivity index is 0.0000111. The van der Waals surface area contributed by atoms with E-state index < -0.39 is 157 Å². The van der Waals surface area contributed by atoms with Crippen LogP contribution in [0.15, 0.2) is 242 Å². The number of hydrogen-bond donors (Lipinski definition) is 0. The summed E-state index contributed by atoms with van der Waals surface area (Å²) in [5, 5.41) is -0.703. The van der Waals surface area contributed by atoms with Crippen LogP contribution in [0.25, 0.3) is 72.3 Å². The van der Waals surface area contributed by atoms with Crippen LogP contribution in [-0.4, -0.2) is 22.2 Å². The van der Waals surface area contributed by atoms with E-state index in [-0.39, 0.29) is 76.8 Å². The van der Waals surface area contributed by atoms with Gasteiger partial charge < -0.3 is 13.9 Å². The number of ether oxygens (including phenoxy) is 1. The van der Waals surface area contributed by atoms with Crippen LogP contribution in [0.3, 0.4) is 0 Å². The molecule has 3 heterocycles. The van der Waals surface area contributed by atoms with E-state index >= 15 is 0 Å². The first-order valence-electron chi connectivity index (χ1n) is 39.2. The molecule has 10 aromatic carbocycles. The number of aromatic nitrogens is 4. The molecule has 0 aliphatic rings. The van der Waals surface area contributed by atoms with Crippen molar-refractivity contribution in [3.63, 3.8) is 0 Å². The van der Waals surface area contributed by atoms with E-state index in [1.54, 1.807) is 62.2 Å². The molecule has 0 atom stereocenters. The number of para-hydroxylation sites is 2. The fourth-order valence-corrected chi connectivity index (χ4v) is 15.1. The SMILES string of the molecule is [2H]c1c([2H])c([2H])c(-c2cnc(-n3c4[c-]c(Oc5[c-]c(-n6[c-][n+](-c7c(C(C)(C)C)cccc7[Si](c7c([2H])c([2H])c([2H])c([2H])c7[2H])(c7c([2H])c([2H])c([2H])c([2H])c7[2H])c7c([2H])c([2H])c([2H])c([2H])c7[2H])c7ccc(-c8cc(C(C)(C)C)cc(C(C)(C)C)c8)cc76)ccc5)ccc4c4ccccc43)cc2C([2H])([2H])[2H])c([2H])c1[2H].[Pt]. The van der Waals surface area contributed by atoms with Gasteiger partial charge in [0.25, 0.3) is 6.33 Å². The first-order chi connectivity index (χ1) is 50.4. The minimum atomic E-state index is -5.82. The zero-order valence-corrected chi connectivity index (χ0v) is 51.8. The largest absolute Gasteiger partial charge is 0.510 e. The minimum Gasteiger partial charge on any atom is -0.510 e. The quantitative estimate of drug-likeness (QED) is 0.0560. The number of fused-ring (bicyclic) bond motifs is 4. The number of imidazole rings is 1. The van der Waals surface area contributed by atoms with Gasteiger partial charge in [-0.2, -0.15) is 18.2 Å². The van der Waals surface area contributed by atoms with Crippen molar-refractivity contribution < 1.29 is 61.9 Å². The molecule has 86 heavy (non-hydrogen) atoms. The number of hydrogen-bond acceptors (Lipinski definition) is 2. The van der Waals surface area contributed by atoms with Gasteiger partial charge in [-0.15, -0.1) is 29.7 Å². The Morgan fingerprint density at radius 1 is 0.535 bits per heavy atom. The molecule has 7 heteroatoms. The molecule has 13 rings (SSSR count). The summed E-state index contributed by atoms with van der Waals surface area (Å²) in [6.45, 7) is 15.5. The normalized spacial score (nSPS) is 16.1. The van der Waals surface area contributed by atoms with Crippen LogP contribution in [0, 0.1) is 25.3 Å². The smallest absolute Gasteiger partial charge is 0.268 e. The van der Waals surface area contributed by atoms with Crippen LogP contribution < -0.4 is 30.1 Å². The summed E-state index contributed by atoms with van der Waals surface area (Å²) in [6, 6.07) is 24.4. The molecule has 0 aliphatic carbocycles. The van der Waals surface area contributed by atoms with Crippen molar-refractivity contribution in [2.24, 2.45) is 0 Å². The predicted octanol–water partition coefficient (Wildman–Crippen LogP) is 16.5. The van der Waals surface area contributed by atoms with E-state index in [1.165, 1.54) is 18.3 Å². The van der Waals surface area contributed by atoms with Gasteiger partial charge in [-0.25, -0.2) is 4.98 Å². The van der Waals surface area contributed by atoms with E-state index in [1.807, 2.05) is 57.2 Å². The Morgan fingerprint density at radius 3 is 1.76 bits per heavy atom. The number of nitrogens with zero attached hydrogens (tertiary/aromatic N) is 4. The average Bonchev–Trinajstić information content (AvgIpc) is 1.10. The third kappa shape index (κ3) is 10.5. The molecule has 0 bridgehead atoms. The molecule has 0 spiro atoms. The summed E-state index contributed by atoms with van der Waals surface area (Å²) in [4.78, 5) is 4.72. The number of benzene rings is 10. The summed E-state index contributed by atoms with van der Waals surface area (Å²) in [5.41, 5.74) is 3.82. The molecule has 0 fully saturated rings. The summed E-state index contributed by atoms with van der Waals surface area (Å²) < 4.78 is 223. The number of pyridine rings is 1. The van der Waals surface area contributed by atoms with Crippen molar-refractivity contribution in [2.75, 3.05) is 0 Å². The topological polar surface area (TPSA) is 35.9 Å². The Labute approximate surface area is 554 Å². The maximum atomic E-state index is 10.0. The number of aryl methyl sites for hydroxylation is 1. The van der Waals surface area contributed by atoms with E-state index in [0.717, 1.165) is 27.6 Å². The molecule has 13 aromatic rings. The molecule has 0 aliphatic heterocycles. The van der Waals surface area contributed by atoms with Gasteiger partial charge in [-0.1, -0.05) is 255 Å². The van der Waals surface area contributed by atoms with Crippen molar-refractivity contribution in [2.45, 2.75) is 85.4 Å². The first-order valence-corrected chi connectivity index (χ1v) is 29.7. The number of rotatable bonds is 11. The Kier molecular flexibility index (Phi) is 9.57. The fourth-order valence-electron chi connectivity index (χ4n) is 11.1. The second-order valence-corrected chi connectivity index (χ2v) is 27.5. The summed E-state index contributed by atoms with van der Waals surface area (Å²) >= 11 is 0. The van der Waals surface area contributed by atoms with Crippen LogP contribution in [0.2, 0.25) is 0 Å². The zero-order chi connectivity index (χ0) is 78.7. The molecule has 0 amide bonds. The standard InChI is InChI=1S/C79H70N4OSi.Pt/c1-54-45-75(80-52-68(54)55-27-15-11-16-28-55)83-70-39-24-23-37-66(70)67-43-42-62(51-72(67)83)84-61-30-25-29-60(50-61)81-53-82(71-44-41-56(48-73(71)81)57-46-58(77(2,3)4)49-59(47-57)78(5,6)7)76-69(79(8,9)10)38-26-40-74(76)85(63-31-17-12-18-32-63,64-33-19-13-20-34-64)65-35-21-14-22-36-65;/h11-49,52H,1-10H3;/q-2;/i1D3,11D,12D,13D,14D,15D,16D,17D,18D,19D,20D,21D,22D,27D,28D,31D,32D,33D,34D,35D,36D;. The average molecular weight is 1340 g/mol. The van der Waals surface area contributed by atoms with Crippen LogP contribution in [0.1, 0.15) is 116 Å². The van der Waals surface area contributed by atoms with Gasteiger partial charge in [-0.3, -0.25) is 4.57 Å². The third-order valence-corrected chi connectivity index (χ3v) is 19.6. The van der Waals surface area contributed by atoms with Crippen molar-refractivity contribution in [1.29, 1.82) is 0 Å². The molecule has 3 aromatic heterocycles. The zero-order valence-electron chi connectivity index (χ0n) is 71.6. The molecule has 0 saturated carbocycles. The van der Waals surface area contributed by atoms with Crippen LogP contribution >= 0.6 is 0 Å². The molecule has 0 saturated heterocycles. The van der Waals surface area contributed by atoms with E-state index in [2.05, 4.69) is 78.2 Å². The fraction of sp³-hybridized carbons (Fsp3) is 0.165. The van der Waals surface area contributed by atoms with Gasteiger partial charge in [0.15, 0.2) is 8.07 Å². The second kappa shape index (κ2) is 22.6. The van der Waals surface area contributed by atoms with Gasteiger partial charge in [0, 0.05) is 54.0 Å². The van der Waals surface area contributed by atoms with Crippen molar-refractivity contribution >= 4 is 61.7 Å². The van der Waals surface area contributed by atoms with Gasteiger partial charge in [0.05, 0.1) is 44.1 Å². The first kappa shape index (κ1) is 36.3. The monoisotopic (exact) mass is 1340 g/mol. The molecule has 0 radical (unpaired) electrons. The van der Waals surface area contributed by atoms with Crippen LogP contribution in [-0.2, 0) is 37.3 Å². The van der Waals surface area contributed by atoms with E-state index in [9.17, 15) is 16.4 Å². The van der Waals surface area contributed by atoms with Crippen molar-refractivity contribution in [3.8, 4) is 50.9 Å². The van der Waals surface area contributed by atoms with Crippen LogP contribution in [0.4, 0.5) is 0 Å². The van der Waals surface area contributed by atoms with Gasteiger partial charge in [0.1, 0.15) is 5.82 Å². The maximum absolute atomic E-state index is 10.0. The molecule has 0 N–H and O–H groups in total. The Bertz CT molecular complexity index is 5690. The van der Waals surface area contributed by atoms with Crippen molar-refractivity contribution in [1.82, 2.24) is 14.1 Å². The summed E-state index contributed by atoms with van der Waals surface area (Å²) in [5.74, 6) is 0.378. The Hall–Kier alpha value is -8.67. The van der Waals surface area contributed by atoms with Gasteiger partial charge >= 0.3 is 0 Å².